The van der Waals surface area contributed by atoms with Crippen LogP contribution in [0.4, 0.5) is 5.69 Å². The average molecular weight is 452 g/mol. The van der Waals surface area contributed by atoms with E-state index in [0.29, 0.717) is 37.6 Å². The molecular formula is C23H25N5O3S. The minimum absolute atomic E-state index is 0.000810. The van der Waals surface area contributed by atoms with E-state index in [2.05, 4.69) is 15.5 Å². The number of benzene rings is 2. The number of amides is 2. The highest BCUT2D eigenvalue weighted by Gasteiger charge is 2.27. The van der Waals surface area contributed by atoms with Gasteiger partial charge in [-0.25, -0.2) is 9.89 Å². The summed E-state index contributed by atoms with van der Waals surface area (Å²) in [4.78, 5) is 39.1. The zero-order valence-corrected chi connectivity index (χ0v) is 18.4. The van der Waals surface area contributed by atoms with Crippen LogP contribution in [0, 0.1) is 5.92 Å². The van der Waals surface area contributed by atoms with Crippen molar-refractivity contribution in [3.63, 3.8) is 0 Å². The molecule has 166 valence electrons. The highest BCUT2D eigenvalue weighted by Crippen LogP contribution is 2.21. The van der Waals surface area contributed by atoms with E-state index in [0.717, 1.165) is 11.3 Å². The van der Waals surface area contributed by atoms with E-state index < -0.39 is 0 Å². The first kappa shape index (κ1) is 21.9. The van der Waals surface area contributed by atoms with Crippen LogP contribution < -0.4 is 11.0 Å². The van der Waals surface area contributed by atoms with Gasteiger partial charge in [-0.15, -0.1) is 5.10 Å². The number of carbonyl (C=O) groups excluding carboxylic acids is 2. The Morgan fingerprint density at radius 2 is 1.69 bits per heavy atom. The molecule has 0 spiro atoms. The van der Waals surface area contributed by atoms with E-state index in [9.17, 15) is 14.4 Å². The molecule has 0 saturated carbocycles. The van der Waals surface area contributed by atoms with E-state index in [-0.39, 0.29) is 29.2 Å². The third kappa shape index (κ3) is 5.47. The number of carbonyl (C=O) groups is 2. The molecule has 0 aliphatic carbocycles. The van der Waals surface area contributed by atoms with E-state index in [1.54, 1.807) is 4.90 Å². The first-order valence-corrected chi connectivity index (χ1v) is 11.5. The van der Waals surface area contributed by atoms with Crippen LogP contribution in [-0.2, 0) is 16.1 Å². The molecule has 2 amide bonds. The van der Waals surface area contributed by atoms with Crippen molar-refractivity contribution in [2.75, 3.05) is 24.2 Å². The third-order valence-corrected chi connectivity index (χ3v) is 6.45. The first-order chi connectivity index (χ1) is 15.6. The zero-order chi connectivity index (χ0) is 22.3. The normalized spacial score (nSPS) is 14.3. The van der Waals surface area contributed by atoms with Gasteiger partial charge in [-0.2, -0.15) is 0 Å². The lowest BCUT2D eigenvalue weighted by Crippen LogP contribution is -2.42. The molecule has 1 saturated heterocycles. The van der Waals surface area contributed by atoms with Crippen molar-refractivity contribution in [2.24, 2.45) is 5.92 Å². The Balaban J connectivity index is 1.27. The summed E-state index contributed by atoms with van der Waals surface area (Å²) >= 11 is 1.25. The Bertz CT molecular complexity index is 1110. The van der Waals surface area contributed by atoms with E-state index in [1.807, 2.05) is 60.7 Å². The van der Waals surface area contributed by atoms with Crippen LogP contribution in [0.15, 0.2) is 70.6 Å². The second kappa shape index (κ2) is 10.3. The van der Waals surface area contributed by atoms with Crippen LogP contribution >= 0.6 is 11.8 Å². The maximum absolute atomic E-state index is 12.7. The van der Waals surface area contributed by atoms with E-state index >= 15 is 0 Å². The second-order valence-corrected chi connectivity index (χ2v) is 8.62. The molecule has 2 heterocycles. The third-order valence-electron chi connectivity index (χ3n) is 5.49. The Morgan fingerprint density at radius 1 is 1.03 bits per heavy atom. The minimum Gasteiger partial charge on any atom is -0.342 e. The SMILES string of the molecule is O=C(Nc1ccccc1)C1CCN(C(=O)CSc2n[nH]c(=O)n2Cc2ccccc2)CC1. The molecule has 0 bridgehead atoms. The maximum atomic E-state index is 12.7. The summed E-state index contributed by atoms with van der Waals surface area (Å²) in [6.07, 6.45) is 1.27. The van der Waals surface area contributed by atoms with Crippen LogP contribution in [0.2, 0.25) is 0 Å². The molecule has 3 aromatic rings. The summed E-state index contributed by atoms with van der Waals surface area (Å²) in [5.41, 5.74) is 1.47. The number of para-hydroxylation sites is 1. The van der Waals surface area contributed by atoms with Crippen molar-refractivity contribution >= 4 is 29.3 Å². The Kier molecular flexibility index (Phi) is 7.06. The fraction of sp³-hybridized carbons (Fsp3) is 0.304. The Morgan fingerprint density at radius 3 is 2.38 bits per heavy atom. The molecule has 0 unspecified atom stereocenters. The topological polar surface area (TPSA) is 100 Å². The molecule has 2 aromatic carbocycles. The van der Waals surface area contributed by atoms with Crippen molar-refractivity contribution < 1.29 is 9.59 Å². The number of nitrogens with zero attached hydrogens (tertiary/aromatic N) is 3. The van der Waals surface area contributed by atoms with Gasteiger partial charge in [-0.1, -0.05) is 60.3 Å². The lowest BCUT2D eigenvalue weighted by Gasteiger charge is -2.31. The fourth-order valence-corrected chi connectivity index (χ4v) is 4.54. The van der Waals surface area contributed by atoms with Gasteiger partial charge < -0.3 is 10.2 Å². The van der Waals surface area contributed by atoms with Crippen LogP contribution in [0.25, 0.3) is 0 Å². The van der Waals surface area contributed by atoms with Crippen molar-refractivity contribution in [3.8, 4) is 0 Å². The summed E-state index contributed by atoms with van der Waals surface area (Å²) in [6.45, 7) is 1.49. The molecule has 32 heavy (non-hydrogen) atoms. The van der Waals surface area contributed by atoms with Gasteiger partial charge in [0.1, 0.15) is 0 Å². The molecular weight excluding hydrogens is 426 g/mol. The number of anilines is 1. The summed E-state index contributed by atoms with van der Waals surface area (Å²) in [5, 5.41) is 9.97. The maximum Gasteiger partial charge on any atom is 0.344 e. The molecule has 1 fully saturated rings. The second-order valence-electron chi connectivity index (χ2n) is 7.68. The zero-order valence-electron chi connectivity index (χ0n) is 17.6. The van der Waals surface area contributed by atoms with Crippen LogP contribution in [-0.4, -0.2) is 50.3 Å². The van der Waals surface area contributed by atoms with Gasteiger partial charge in [0.05, 0.1) is 12.3 Å². The highest BCUT2D eigenvalue weighted by atomic mass is 32.2. The van der Waals surface area contributed by atoms with Gasteiger partial charge in [-0.05, 0) is 30.5 Å². The predicted octanol–water partition coefficient (Wildman–Crippen LogP) is 2.59. The molecule has 0 atom stereocenters. The van der Waals surface area contributed by atoms with E-state index in [1.165, 1.54) is 16.3 Å². The number of piperidine rings is 1. The number of nitrogens with one attached hydrogen (secondary N) is 2. The van der Waals surface area contributed by atoms with E-state index in [4.69, 9.17) is 0 Å². The molecule has 4 rings (SSSR count). The first-order valence-electron chi connectivity index (χ1n) is 10.6. The predicted molar refractivity (Wildman–Crippen MR) is 123 cm³/mol. The molecule has 0 radical (unpaired) electrons. The van der Waals surface area contributed by atoms with Gasteiger partial charge in [0.25, 0.3) is 0 Å². The minimum atomic E-state index is -0.297. The molecule has 9 heteroatoms. The standard InChI is InChI=1S/C23H25N5O3S/c29-20(16-32-23-26-25-22(31)28(23)15-17-7-3-1-4-8-17)27-13-11-18(12-14-27)21(30)24-19-9-5-2-6-10-19/h1-10,18H,11-16H2,(H,24,30)(H,25,31). The smallest absolute Gasteiger partial charge is 0.342 e. The number of hydrogen-bond acceptors (Lipinski definition) is 5. The fourth-order valence-electron chi connectivity index (χ4n) is 3.69. The largest absolute Gasteiger partial charge is 0.344 e. The molecule has 2 N–H and O–H groups in total. The van der Waals surface area contributed by atoms with Crippen LogP contribution in [0.3, 0.4) is 0 Å². The summed E-state index contributed by atoms with van der Waals surface area (Å²) in [6, 6.07) is 19.0. The highest BCUT2D eigenvalue weighted by molar-refractivity contribution is 7.99. The number of aromatic amines is 1. The molecule has 1 aromatic heterocycles. The van der Waals surface area contributed by atoms with Crippen LogP contribution in [0.1, 0.15) is 18.4 Å². The Hall–Kier alpha value is -3.33. The summed E-state index contributed by atoms with van der Waals surface area (Å²) < 4.78 is 1.54. The Labute approximate surface area is 190 Å². The van der Waals surface area contributed by atoms with Gasteiger partial charge >= 0.3 is 5.69 Å². The average Bonchev–Trinajstić information content (AvgIpc) is 3.18. The summed E-state index contributed by atoms with van der Waals surface area (Å²) in [7, 11) is 0. The van der Waals surface area contributed by atoms with Gasteiger partial charge in [0.15, 0.2) is 5.16 Å². The number of H-pyrrole nitrogens is 1. The number of hydrogen-bond donors (Lipinski definition) is 2. The van der Waals surface area contributed by atoms with Crippen LogP contribution in [0.5, 0.6) is 0 Å². The molecule has 8 nitrogen and oxygen atoms in total. The quantitative estimate of drug-likeness (QED) is 0.538. The lowest BCUT2D eigenvalue weighted by molar-refractivity contribution is -0.132. The molecule has 1 aliphatic rings. The molecule has 1 aliphatic heterocycles. The summed E-state index contributed by atoms with van der Waals surface area (Å²) in [5.74, 6) is 0.0759. The van der Waals surface area contributed by atoms with Crippen molar-refractivity contribution in [3.05, 3.63) is 76.7 Å². The van der Waals surface area contributed by atoms with Gasteiger partial charge in [0, 0.05) is 24.7 Å². The number of thioether (sulfide) groups is 1. The lowest BCUT2D eigenvalue weighted by atomic mass is 9.96. The number of rotatable bonds is 7. The number of aromatic nitrogens is 3. The van der Waals surface area contributed by atoms with Crippen molar-refractivity contribution in [1.29, 1.82) is 0 Å². The van der Waals surface area contributed by atoms with Gasteiger partial charge in [0.2, 0.25) is 11.8 Å². The van der Waals surface area contributed by atoms with Crippen molar-refractivity contribution in [2.45, 2.75) is 24.5 Å². The number of likely N-dealkylation sites (tertiary alicyclic amines) is 1. The van der Waals surface area contributed by atoms with Gasteiger partial charge in [-0.3, -0.25) is 14.2 Å². The van der Waals surface area contributed by atoms with Crippen molar-refractivity contribution in [1.82, 2.24) is 19.7 Å². The monoisotopic (exact) mass is 451 g/mol.